The molecule has 0 bridgehead atoms. The topological polar surface area (TPSA) is 125 Å². The molecule has 0 radical (unpaired) electrons. The standard InChI is InChI=1S/C19H30N4O5/c1-4-9-20-15(25)7-6-8-16(26)22-13-10-23(11-14(13)24)19(27)18-12(3)21-17(5-2)28-18/h13-14,24H,4-11H2,1-3H3,(H,20,25)(H,22,26)/t13-,14-/m1/s1. The molecule has 0 aromatic carbocycles. The number of nitrogens with one attached hydrogen (secondary N) is 2. The van der Waals surface area contributed by atoms with Crippen LogP contribution in [0.2, 0.25) is 0 Å². The molecule has 1 aliphatic rings. The largest absolute Gasteiger partial charge is 0.435 e. The molecule has 0 unspecified atom stereocenters. The van der Waals surface area contributed by atoms with Gasteiger partial charge in [-0.1, -0.05) is 13.8 Å². The minimum absolute atomic E-state index is 0.0683. The van der Waals surface area contributed by atoms with Gasteiger partial charge in [0.1, 0.15) is 0 Å². The van der Waals surface area contributed by atoms with Crippen LogP contribution in [0.15, 0.2) is 4.42 Å². The van der Waals surface area contributed by atoms with Gasteiger partial charge in [-0.05, 0) is 19.8 Å². The fourth-order valence-electron chi connectivity index (χ4n) is 3.08. The average Bonchev–Trinajstić information content (AvgIpc) is 3.22. The van der Waals surface area contributed by atoms with Gasteiger partial charge in [0.2, 0.25) is 17.6 Å². The van der Waals surface area contributed by atoms with E-state index in [4.69, 9.17) is 4.42 Å². The van der Waals surface area contributed by atoms with Crippen molar-refractivity contribution in [1.29, 1.82) is 0 Å². The Bertz CT molecular complexity index is 702. The maximum Gasteiger partial charge on any atom is 0.291 e. The van der Waals surface area contributed by atoms with Crippen molar-refractivity contribution < 1.29 is 23.9 Å². The monoisotopic (exact) mass is 394 g/mol. The summed E-state index contributed by atoms with van der Waals surface area (Å²) in [6.45, 7) is 6.51. The van der Waals surface area contributed by atoms with E-state index in [1.807, 2.05) is 13.8 Å². The van der Waals surface area contributed by atoms with E-state index in [2.05, 4.69) is 15.6 Å². The number of β-amino-alcohol motifs (C(OH)–C–C–N with tert-alkyl or cyclic N) is 1. The summed E-state index contributed by atoms with van der Waals surface area (Å²) in [7, 11) is 0. The number of rotatable bonds is 9. The van der Waals surface area contributed by atoms with Gasteiger partial charge in [0.15, 0.2) is 5.89 Å². The summed E-state index contributed by atoms with van der Waals surface area (Å²) >= 11 is 0. The zero-order valence-corrected chi connectivity index (χ0v) is 16.8. The van der Waals surface area contributed by atoms with Crippen LogP contribution in [-0.4, -0.2) is 64.5 Å². The number of likely N-dealkylation sites (tertiary alicyclic amines) is 1. The Labute approximate surface area is 164 Å². The van der Waals surface area contributed by atoms with Gasteiger partial charge in [-0.2, -0.15) is 0 Å². The first kappa shape index (κ1) is 21.9. The number of amides is 3. The van der Waals surface area contributed by atoms with E-state index in [-0.39, 0.29) is 49.4 Å². The minimum Gasteiger partial charge on any atom is -0.435 e. The van der Waals surface area contributed by atoms with Gasteiger partial charge in [-0.25, -0.2) is 4.98 Å². The fourth-order valence-corrected chi connectivity index (χ4v) is 3.08. The van der Waals surface area contributed by atoms with Crippen molar-refractivity contribution in [3.63, 3.8) is 0 Å². The Hall–Kier alpha value is -2.42. The molecule has 9 nitrogen and oxygen atoms in total. The molecule has 28 heavy (non-hydrogen) atoms. The van der Waals surface area contributed by atoms with Crippen LogP contribution in [0.5, 0.6) is 0 Å². The van der Waals surface area contributed by atoms with Crippen LogP contribution in [0, 0.1) is 6.92 Å². The lowest BCUT2D eigenvalue weighted by atomic mass is 10.2. The van der Waals surface area contributed by atoms with Crippen LogP contribution in [0.1, 0.15) is 61.7 Å². The third kappa shape index (κ3) is 5.79. The fraction of sp³-hybridized carbons (Fsp3) is 0.684. The number of aryl methyl sites for hydroxylation is 2. The van der Waals surface area contributed by atoms with E-state index in [0.717, 1.165) is 6.42 Å². The molecule has 156 valence electrons. The quantitative estimate of drug-likeness (QED) is 0.562. The van der Waals surface area contributed by atoms with Crippen molar-refractivity contribution in [2.75, 3.05) is 19.6 Å². The molecule has 0 saturated carbocycles. The molecular weight excluding hydrogens is 364 g/mol. The van der Waals surface area contributed by atoms with Crippen molar-refractivity contribution >= 4 is 17.7 Å². The van der Waals surface area contributed by atoms with E-state index in [0.29, 0.717) is 31.0 Å². The van der Waals surface area contributed by atoms with Gasteiger partial charge in [0.25, 0.3) is 5.91 Å². The number of aliphatic hydroxyl groups is 1. The number of aromatic nitrogens is 1. The summed E-state index contributed by atoms with van der Waals surface area (Å²) in [6.07, 6.45) is 1.52. The number of nitrogens with zero attached hydrogens (tertiary/aromatic N) is 2. The van der Waals surface area contributed by atoms with Crippen molar-refractivity contribution in [2.45, 2.75) is 65.0 Å². The van der Waals surface area contributed by atoms with Crippen molar-refractivity contribution in [1.82, 2.24) is 20.5 Å². The van der Waals surface area contributed by atoms with Crippen molar-refractivity contribution in [3.05, 3.63) is 17.3 Å². The Morgan fingerprint density at radius 1 is 1.21 bits per heavy atom. The maximum atomic E-state index is 12.6. The highest BCUT2D eigenvalue weighted by atomic mass is 16.4. The number of hydrogen-bond donors (Lipinski definition) is 3. The van der Waals surface area contributed by atoms with Crippen LogP contribution >= 0.6 is 0 Å². The molecular formula is C19H30N4O5. The number of aliphatic hydroxyl groups excluding tert-OH is 1. The smallest absolute Gasteiger partial charge is 0.291 e. The number of carbonyl (C=O) groups is 3. The van der Waals surface area contributed by atoms with E-state index in [1.54, 1.807) is 6.92 Å². The molecule has 2 rings (SSSR count). The molecule has 0 aliphatic carbocycles. The Kier molecular flexibility index (Phi) is 7.98. The summed E-state index contributed by atoms with van der Waals surface area (Å²) in [4.78, 5) is 41.9. The zero-order chi connectivity index (χ0) is 20.7. The highest BCUT2D eigenvalue weighted by molar-refractivity contribution is 5.92. The molecule has 2 atom stereocenters. The molecule has 9 heteroatoms. The Morgan fingerprint density at radius 3 is 2.57 bits per heavy atom. The van der Waals surface area contributed by atoms with Gasteiger partial charge < -0.3 is 25.1 Å². The molecule has 3 N–H and O–H groups in total. The van der Waals surface area contributed by atoms with Gasteiger partial charge in [-0.15, -0.1) is 0 Å². The first-order valence-electron chi connectivity index (χ1n) is 9.85. The van der Waals surface area contributed by atoms with Crippen molar-refractivity contribution in [3.8, 4) is 0 Å². The van der Waals surface area contributed by atoms with Gasteiger partial charge in [0.05, 0.1) is 17.8 Å². The normalized spacial score (nSPS) is 18.9. The molecule has 1 aliphatic heterocycles. The van der Waals surface area contributed by atoms with Crippen LogP contribution in [0.4, 0.5) is 0 Å². The van der Waals surface area contributed by atoms with Gasteiger partial charge in [-0.3, -0.25) is 14.4 Å². The number of oxazole rings is 1. The predicted molar refractivity (Wildman–Crippen MR) is 102 cm³/mol. The third-order valence-corrected chi connectivity index (χ3v) is 4.64. The summed E-state index contributed by atoms with van der Waals surface area (Å²) < 4.78 is 5.48. The number of carbonyl (C=O) groups excluding carboxylic acids is 3. The minimum atomic E-state index is -0.852. The average molecular weight is 394 g/mol. The van der Waals surface area contributed by atoms with Crippen LogP contribution in [0.25, 0.3) is 0 Å². The second-order valence-corrected chi connectivity index (χ2v) is 7.03. The van der Waals surface area contributed by atoms with Gasteiger partial charge >= 0.3 is 0 Å². The first-order valence-corrected chi connectivity index (χ1v) is 9.85. The van der Waals surface area contributed by atoms with Crippen molar-refractivity contribution in [2.24, 2.45) is 0 Å². The number of hydrogen-bond acceptors (Lipinski definition) is 6. The lowest BCUT2D eigenvalue weighted by Gasteiger charge is -2.16. The summed E-state index contributed by atoms with van der Waals surface area (Å²) in [5.74, 6) is 0.0163. The van der Waals surface area contributed by atoms with Crippen LogP contribution < -0.4 is 10.6 Å². The molecule has 1 fully saturated rings. The molecule has 1 saturated heterocycles. The molecule has 0 spiro atoms. The third-order valence-electron chi connectivity index (χ3n) is 4.64. The zero-order valence-electron chi connectivity index (χ0n) is 16.8. The summed E-state index contributed by atoms with van der Waals surface area (Å²) in [5, 5.41) is 15.7. The highest BCUT2D eigenvalue weighted by Crippen LogP contribution is 2.18. The first-order chi connectivity index (χ1) is 13.3. The van der Waals surface area contributed by atoms with E-state index in [9.17, 15) is 19.5 Å². The maximum absolute atomic E-state index is 12.6. The second kappa shape index (κ2) is 10.2. The summed E-state index contributed by atoms with van der Waals surface area (Å²) in [6, 6.07) is -0.542. The SMILES string of the molecule is CCCNC(=O)CCCC(=O)N[C@@H]1CN(C(=O)c2oc(CC)nc2C)C[C@H]1O. The Balaban J connectivity index is 1.81. The molecule has 3 amide bonds. The van der Waals surface area contributed by atoms with Crippen LogP contribution in [0.3, 0.4) is 0 Å². The lowest BCUT2D eigenvalue weighted by Crippen LogP contribution is -2.43. The molecule has 1 aromatic heterocycles. The summed E-state index contributed by atoms with van der Waals surface area (Å²) in [5.41, 5.74) is 0.519. The van der Waals surface area contributed by atoms with E-state index >= 15 is 0 Å². The highest BCUT2D eigenvalue weighted by Gasteiger charge is 2.37. The van der Waals surface area contributed by atoms with E-state index < -0.39 is 12.1 Å². The Morgan fingerprint density at radius 2 is 1.93 bits per heavy atom. The molecule has 2 heterocycles. The van der Waals surface area contributed by atoms with Gasteiger partial charge in [0, 0.05) is 38.9 Å². The van der Waals surface area contributed by atoms with E-state index in [1.165, 1.54) is 4.90 Å². The van der Waals surface area contributed by atoms with Crippen LogP contribution in [-0.2, 0) is 16.0 Å². The second-order valence-electron chi connectivity index (χ2n) is 7.03. The predicted octanol–water partition coefficient (Wildman–Crippen LogP) is 0.543. The molecule has 1 aromatic rings. The lowest BCUT2D eigenvalue weighted by molar-refractivity contribution is -0.123.